The van der Waals surface area contributed by atoms with Crippen LogP contribution in [0.15, 0.2) is 0 Å². The molecule has 0 saturated carbocycles. The zero-order chi connectivity index (χ0) is 15.3. The van der Waals surface area contributed by atoms with Gasteiger partial charge in [0.15, 0.2) is 0 Å². The number of halogens is 10. The van der Waals surface area contributed by atoms with Gasteiger partial charge in [0.25, 0.3) is 0 Å². The van der Waals surface area contributed by atoms with Crippen molar-refractivity contribution in [1.82, 2.24) is 0 Å². The van der Waals surface area contributed by atoms with E-state index in [1.807, 2.05) is 0 Å². The monoisotopic (exact) mass is 968 g/mol. The molecule has 10 saturated heterocycles. The summed E-state index contributed by atoms with van der Waals surface area (Å²) in [5, 5.41) is 0. The summed E-state index contributed by atoms with van der Waals surface area (Å²) in [6, 6.07) is 0. The van der Waals surface area contributed by atoms with Crippen molar-refractivity contribution in [3.05, 3.63) is 0 Å². The Hall–Kier alpha value is 5.31. The summed E-state index contributed by atoms with van der Waals surface area (Å²) >= 11 is 43.8. The average molecular weight is 978 g/mol. The number of fused-ring (bicyclic) bond motifs is 10. The molecule has 0 unspecified atom stereocenters. The van der Waals surface area contributed by atoms with Crippen molar-refractivity contribution >= 4 is 159 Å². The standard InChI is InChI=1S/2C5Br5.Co/c2*6-1-2(7)4(9)5(10)3(1)8;. The molecule has 10 heterocycles. The fourth-order valence-electron chi connectivity index (χ4n) is 15.4. The molecule has 0 aromatic carbocycles. The normalized spacial score (nSPS) is 131. The van der Waals surface area contributed by atoms with Crippen LogP contribution in [-0.4, -0.2) is 32.6 Å². The van der Waals surface area contributed by atoms with Crippen molar-refractivity contribution in [2.75, 3.05) is 0 Å². The van der Waals surface area contributed by atoms with Gasteiger partial charge in [0, 0.05) is 0 Å². The molecule has 10 aliphatic rings. The van der Waals surface area contributed by atoms with Gasteiger partial charge in [0.05, 0.1) is 0 Å². The Morgan fingerprint density at radius 2 is 0.381 bits per heavy atom. The first-order valence-electron chi connectivity index (χ1n) is 6.06. The van der Waals surface area contributed by atoms with Gasteiger partial charge in [-0.05, 0) is 0 Å². The van der Waals surface area contributed by atoms with Crippen LogP contribution in [0.4, 0.5) is 0 Å². The Morgan fingerprint density at radius 1 is 0.286 bits per heavy atom. The van der Waals surface area contributed by atoms with E-state index in [9.17, 15) is 0 Å². The zero-order valence-electron chi connectivity index (χ0n) is 9.11. The summed E-state index contributed by atoms with van der Waals surface area (Å²) in [5.41, 5.74) is 0. The third kappa shape index (κ3) is 0.115. The van der Waals surface area contributed by atoms with Crippen molar-refractivity contribution in [2.45, 2.75) is 32.6 Å². The minimum absolute atomic E-state index is 0.117. The molecule has 0 aromatic rings. The van der Waals surface area contributed by atoms with Crippen LogP contribution in [0.2, 0.25) is 0 Å². The molecule has 0 nitrogen and oxygen atoms in total. The molecule has 0 aliphatic carbocycles. The van der Waals surface area contributed by atoms with E-state index in [2.05, 4.69) is 159 Å². The van der Waals surface area contributed by atoms with Crippen LogP contribution in [0.3, 0.4) is 0 Å². The predicted octanol–water partition coefficient (Wildman–Crippen LogP) is 6.40. The van der Waals surface area contributed by atoms with E-state index in [-0.39, 0.29) is 32.6 Å². The van der Waals surface area contributed by atoms with E-state index in [0.717, 1.165) is 0 Å². The maximum atomic E-state index is 4.38. The van der Waals surface area contributed by atoms with Crippen LogP contribution in [-0.2, 0) is 6.37 Å². The summed E-state index contributed by atoms with van der Waals surface area (Å²) < 4.78 is 1.17. The zero-order valence-corrected chi connectivity index (χ0v) is 26.0. The number of alkyl halides is 10. The third-order valence-corrected chi connectivity index (χ3v) is 124. The van der Waals surface area contributed by atoms with Gasteiger partial charge in [-0.2, -0.15) is 0 Å². The van der Waals surface area contributed by atoms with Crippen molar-refractivity contribution in [2.24, 2.45) is 0 Å². The Morgan fingerprint density at radius 3 is 0.381 bits per heavy atom. The summed E-state index contributed by atoms with van der Waals surface area (Å²) in [6.45, 7) is 0. The Labute approximate surface area is 194 Å². The van der Waals surface area contributed by atoms with Crippen LogP contribution >= 0.6 is 159 Å². The van der Waals surface area contributed by atoms with Gasteiger partial charge in [0.2, 0.25) is 0 Å². The summed E-state index contributed by atoms with van der Waals surface area (Å²) in [5.74, 6) is 0. The van der Waals surface area contributed by atoms with Gasteiger partial charge in [-0.1, -0.05) is 0 Å². The topological polar surface area (TPSA) is 0 Å². The van der Waals surface area contributed by atoms with Gasteiger partial charge in [-0.15, -0.1) is 0 Å². The first kappa shape index (κ1) is 13.5. The minimum atomic E-state index is -4.68. The molecule has 1 spiro atoms. The molecule has 0 bridgehead atoms. The predicted molar refractivity (Wildman–Crippen MR) is 117 cm³/mol. The first-order valence-corrected chi connectivity index (χ1v) is 19.2. The molecule has 0 radical (unpaired) electrons. The quantitative estimate of drug-likeness (QED) is 0.247. The van der Waals surface area contributed by atoms with Gasteiger partial charge >= 0.3 is 198 Å². The SMILES string of the molecule is Br[C]12[C]3(Br)[C]4(Br)[C]5(Br)[C]1(Br)[Co]23451678[C]2(Br)[C]1(Br)[C]6(Br)[C]7(Br)[C]28Br. The molecule has 10 aliphatic heterocycles. The van der Waals surface area contributed by atoms with E-state index in [1.54, 1.807) is 0 Å². The first-order chi connectivity index (χ1) is 9.08. The number of hydrogen-bond donors (Lipinski definition) is 0. The molecular formula is C10Br10Co. The van der Waals surface area contributed by atoms with Gasteiger partial charge in [-0.25, -0.2) is 0 Å². The molecule has 0 N–H and O–H groups in total. The molecule has 10 rings (SSSR count). The van der Waals surface area contributed by atoms with Crippen LogP contribution in [0, 0.1) is 0 Å². The van der Waals surface area contributed by atoms with E-state index in [1.165, 1.54) is 0 Å². The second-order valence-electron chi connectivity index (χ2n) is 9.19. The maximum absolute atomic E-state index is 4.68. The van der Waals surface area contributed by atoms with Crippen molar-refractivity contribution in [3.63, 3.8) is 0 Å². The van der Waals surface area contributed by atoms with Crippen molar-refractivity contribution in [1.29, 1.82) is 0 Å². The Kier molecular flexibility index (Phi) is 0.791. The van der Waals surface area contributed by atoms with Crippen LogP contribution in [0.5, 0.6) is 0 Å². The third-order valence-electron chi connectivity index (χ3n) is 13.7. The molecule has 0 aromatic heterocycles. The molecule has 0 amide bonds. The van der Waals surface area contributed by atoms with E-state index in [4.69, 9.17) is 0 Å². The molecular weight excluding hydrogens is 978 g/mol. The Bertz CT molecular complexity index is 949. The van der Waals surface area contributed by atoms with Crippen LogP contribution in [0.1, 0.15) is 0 Å². The van der Waals surface area contributed by atoms with Gasteiger partial charge in [-0.3, -0.25) is 0 Å². The van der Waals surface area contributed by atoms with Crippen molar-refractivity contribution in [3.8, 4) is 0 Å². The van der Waals surface area contributed by atoms with Crippen LogP contribution < -0.4 is 0 Å². The van der Waals surface area contributed by atoms with Crippen LogP contribution in [0.25, 0.3) is 0 Å². The van der Waals surface area contributed by atoms with Crippen molar-refractivity contribution < 1.29 is 6.37 Å². The molecule has 119 valence electrons. The molecule has 0 atom stereocenters. The molecule has 21 heavy (non-hydrogen) atoms. The van der Waals surface area contributed by atoms with Gasteiger partial charge in [0.1, 0.15) is 0 Å². The summed E-state index contributed by atoms with van der Waals surface area (Å²) in [4.78, 5) is 0. The number of rotatable bonds is 0. The van der Waals surface area contributed by atoms with E-state index >= 15 is 0 Å². The van der Waals surface area contributed by atoms with Gasteiger partial charge < -0.3 is 0 Å². The second kappa shape index (κ2) is 1.23. The fraction of sp³-hybridized carbons (Fsp3) is 1.00. The van der Waals surface area contributed by atoms with E-state index in [0.29, 0.717) is 0 Å². The fourth-order valence-corrected chi connectivity index (χ4v) is 237. The summed E-state index contributed by atoms with van der Waals surface area (Å²) in [6.07, 6.45) is -4.68. The molecule has 11 heteroatoms. The second-order valence-corrected chi connectivity index (χ2v) is 46.9. The average Bonchev–Trinajstić information content (AvgIpc) is 3.39. The summed E-state index contributed by atoms with van der Waals surface area (Å²) in [7, 11) is 0. The Balaban J connectivity index is 1.92. The van der Waals surface area contributed by atoms with E-state index < -0.39 is 6.37 Å². The number of hydrogen-bond acceptors (Lipinski definition) is 0. The molecule has 10 fully saturated rings.